The minimum atomic E-state index is 0.877. The Balaban J connectivity index is 0.000000104. The van der Waals surface area contributed by atoms with Gasteiger partial charge in [-0.1, -0.05) is 291 Å². The molecule has 0 bridgehead atoms. The largest absolute Gasteiger partial charge is 0.456 e. The lowest BCUT2D eigenvalue weighted by Crippen LogP contribution is -2.09. The monoisotopic (exact) mass is 1800 g/mol. The summed E-state index contributed by atoms with van der Waals surface area (Å²) in [7, 11) is 0. The highest BCUT2D eigenvalue weighted by Crippen LogP contribution is 2.49. The molecule has 0 saturated carbocycles. The van der Waals surface area contributed by atoms with Crippen LogP contribution in [0.25, 0.3) is 230 Å². The first-order valence-electron chi connectivity index (χ1n) is 47.8. The highest BCUT2D eigenvalue weighted by atomic mass is 16.3. The van der Waals surface area contributed by atoms with Crippen LogP contribution in [0.5, 0.6) is 0 Å². The van der Waals surface area contributed by atoms with Gasteiger partial charge in [-0.25, -0.2) is 0 Å². The molecule has 0 radical (unpaired) electrons. The van der Waals surface area contributed by atoms with Gasteiger partial charge in [0.2, 0.25) is 0 Å². The SMILES string of the molecule is c1ccc(N(c2ccc(-c3ccc4c(ccc5ccc6oc7ccccc7c6c54)c3)cc2)c2ccc3c(c2)oc2ccccc23)cc1.c1ccc(N(c2ccc(-c3ccc4c(ccc5ccc6oc7ccccc7c6c54)c3)cc2)c2ccc3oc4ccccc4c3c2)cc1.c1ccc(N(c2cccc(-c3ccc4c(ccc5ccc6oc7ccccc7c6c54)c3)c2)c2ccc3c(c2)oc2ccccc23)cc1. The van der Waals surface area contributed by atoms with Crippen LogP contribution in [0.4, 0.5) is 51.2 Å². The third-order valence-electron chi connectivity index (χ3n) is 28.3. The third-order valence-corrected chi connectivity index (χ3v) is 28.3. The highest BCUT2D eigenvalue weighted by molar-refractivity contribution is 6.30. The van der Waals surface area contributed by atoms with Crippen LogP contribution >= 0.6 is 0 Å². The maximum absolute atomic E-state index is 6.29. The lowest BCUT2D eigenvalue weighted by molar-refractivity contribution is 0.668. The van der Waals surface area contributed by atoms with Crippen LogP contribution in [-0.4, -0.2) is 0 Å². The molecule has 30 aromatic rings. The number of nitrogens with zero attached hydrogens (tertiary/aromatic N) is 3. The molecular formula is C132H81N3O6. The zero-order valence-corrected chi connectivity index (χ0v) is 76.1. The number of furan rings is 6. The van der Waals surface area contributed by atoms with E-state index in [9.17, 15) is 0 Å². The Bertz CT molecular complexity index is 10200. The summed E-state index contributed by atoms with van der Waals surface area (Å²) < 4.78 is 37.4. The number of fused-ring (bicyclic) bond motifs is 30. The van der Waals surface area contributed by atoms with Crippen LogP contribution in [0.3, 0.4) is 0 Å². The van der Waals surface area contributed by atoms with E-state index in [0.29, 0.717) is 0 Å². The number of anilines is 9. The van der Waals surface area contributed by atoms with Gasteiger partial charge < -0.3 is 41.2 Å². The molecule has 24 aromatic carbocycles. The van der Waals surface area contributed by atoms with Gasteiger partial charge in [0.1, 0.15) is 67.0 Å². The van der Waals surface area contributed by atoms with Crippen molar-refractivity contribution in [1.82, 2.24) is 0 Å². The summed E-state index contributed by atoms with van der Waals surface area (Å²) in [5.74, 6) is 0. The smallest absolute Gasteiger partial charge is 0.137 e. The molecule has 9 nitrogen and oxygen atoms in total. The van der Waals surface area contributed by atoms with E-state index in [4.69, 9.17) is 26.5 Å². The predicted molar refractivity (Wildman–Crippen MR) is 588 cm³/mol. The van der Waals surface area contributed by atoms with Crippen molar-refractivity contribution < 1.29 is 26.5 Å². The lowest BCUT2D eigenvalue weighted by atomic mass is 9.94. The quantitative estimate of drug-likeness (QED) is 0.111. The third kappa shape index (κ3) is 13.8. The normalized spacial score (nSPS) is 11.8. The van der Waals surface area contributed by atoms with Crippen molar-refractivity contribution in [1.29, 1.82) is 0 Å². The minimum Gasteiger partial charge on any atom is -0.456 e. The average Bonchev–Trinajstić information content (AvgIpc) is 1.63. The fourth-order valence-corrected chi connectivity index (χ4v) is 21.7. The van der Waals surface area contributed by atoms with E-state index >= 15 is 0 Å². The van der Waals surface area contributed by atoms with Crippen LogP contribution in [0.1, 0.15) is 0 Å². The predicted octanol–water partition coefficient (Wildman–Crippen LogP) is 38.8. The van der Waals surface area contributed by atoms with Crippen LogP contribution < -0.4 is 14.7 Å². The molecule has 141 heavy (non-hydrogen) atoms. The van der Waals surface area contributed by atoms with Gasteiger partial charge in [-0.2, -0.15) is 0 Å². The maximum Gasteiger partial charge on any atom is 0.137 e. The lowest BCUT2D eigenvalue weighted by Gasteiger charge is -2.26. The van der Waals surface area contributed by atoms with Gasteiger partial charge in [0.25, 0.3) is 0 Å². The van der Waals surface area contributed by atoms with Crippen molar-refractivity contribution in [2.45, 2.75) is 0 Å². The summed E-state index contributed by atoms with van der Waals surface area (Å²) >= 11 is 0. The first-order chi connectivity index (χ1) is 69.8. The van der Waals surface area contributed by atoms with Crippen molar-refractivity contribution in [3.8, 4) is 33.4 Å². The molecule has 0 spiro atoms. The number of para-hydroxylation sites is 9. The molecular weight excluding hydrogens is 1720 g/mol. The van der Waals surface area contributed by atoms with Crippen LogP contribution in [0.15, 0.2) is 518 Å². The van der Waals surface area contributed by atoms with E-state index in [0.717, 1.165) is 172 Å². The van der Waals surface area contributed by atoms with Gasteiger partial charge in [-0.05, 0) is 270 Å². The van der Waals surface area contributed by atoms with Crippen molar-refractivity contribution in [2.75, 3.05) is 14.7 Å². The van der Waals surface area contributed by atoms with Crippen molar-refractivity contribution in [2.24, 2.45) is 0 Å². The molecule has 0 aliphatic carbocycles. The topological polar surface area (TPSA) is 88.6 Å². The maximum atomic E-state index is 6.29. The number of rotatable bonds is 12. The van der Waals surface area contributed by atoms with Crippen molar-refractivity contribution in [3.05, 3.63) is 491 Å². The number of hydrogen-bond acceptors (Lipinski definition) is 9. The van der Waals surface area contributed by atoms with E-state index in [1.165, 1.54) is 109 Å². The minimum absolute atomic E-state index is 0.877. The summed E-state index contributed by atoms with van der Waals surface area (Å²) in [5, 5.41) is 28.4. The molecule has 0 atom stereocenters. The summed E-state index contributed by atoms with van der Waals surface area (Å²) in [5.41, 5.74) is 27.6. The van der Waals surface area contributed by atoms with Gasteiger partial charge in [0.15, 0.2) is 0 Å². The van der Waals surface area contributed by atoms with Gasteiger partial charge in [0, 0.05) is 144 Å². The Hall–Kier alpha value is -19.0. The fourth-order valence-electron chi connectivity index (χ4n) is 21.7. The van der Waals surface area contributed by atoms with Crippen LogP contribution in [0.2, 0.25) is 0 Å². The molecule has 30 rings (SSSR count). The molecule has 0 amide bonds. The average molecular weight is 1810 g/mol. The van der Waals surface area contributed by atoms with E-state index < -0.39 is 0 Å². The number of hydrogen-bond donors (Lipinski definition) is 0. The van der Waals surface area contributed by atoms with Gasteiger partial charge in [-0.3, -0.25) is 0 Å². The Morgan fingerprint density at radius 1 is 0.106 bits per heavy atom. The van der Waals surface area contributed by atoms with Gasteiger partial charge in [0.05, 0.1) is 0 Å². The molecule has 660 valence electrons. The molecule has 0 unspecified atom stereocenters. The summed E-state index contributed by atoms with van der Waals surface area (Å²) in [6.07, 6.45) is 0. The van der Waals surface area contributed by atoms with Gasteiger partial charge in [-0.15, -0.1) is 0 Å². The Labute approximate surface area is 807 Å². The van der Waals surface area contributed by atoms with Crippen LogP contribution in [-0.2, 0) is 0 Å². The first-order valence-corrected chi connectivity index (χ1v) is 47.8. The molecule has 0 saturated heterocycles. The van der Waals surface area contributed by atoms with Crippen LogP contribution in [0, 0.1) is 0 Å². The van der Waals surface area contributed by atoms with E-state index in [2.05, 4.69) is 433 Å². The van der Waals surface area contributed by atoms with Crippen molar-refractivity contribution in [3.63, 3.8) is 0 Å². The molecule has 6 aromatic heterocycles. The first kappa shape index (κ1) is 80.5. The molecule has 0 fully saturated rings. The van der Waals surface area contributed by atoms with Gasteiger partial charge >= 0.3 is 0 Å². The Morgan fingerprint density at radius 2 is 0.340 bits per heavy atom. The van der Waals surface area contributed by atoms with E-state index in [1.807, 2.05) is 72.8 Å². The molecule has 0 aliphatic heterocycles. The fraction of sp³-hybridized carbons (Fsp3) is 0. The zero-order valence-electron chi connectivity index (χ0n) is 76.1. The second-order valence-electron chi connectivity index (χ2n) is 36.4. The summed E-state index contributed by atoms with van der Waals surface area (Å²) in [4.78, 5) is 6.88. The zero-order chi connectivity index (χ0) is 92.7. The number of benzene rings is 24. The Morgan fingerprint density at radius 3 is 0.738 bits per heavy atom. The van der Waals surface area contributed by atoms with E-state index in [-0.39, 0.29) is 0 Å². The second kappa shape index (κ2) is 33.0. The summed E-state index contributed by atoms with van der Waals surface area (Å²) in [6.45, 7) is 0. The summed E-state index contributed by atoms with van der Waals surface area (Å²) in [6, 6.07) is 174. The molecule has 9 heteroatoms. The standard InChI is InChI=1S/3C44H27NO2/c1-2-10-32(11-3-1)45(34-21-23-37-36-13-4-6-15-39(36)47-42(37)27-34)33-12-8-9-29(26-33)30-19-22-35-31(25-30)18-17-28-20-24-41-44(43(28)35)38-14-5-7-16-40(38)46-41;1-2-8-32(9-3-1)45(34-22-24-37-36-10-4-6-12-39(36)47-42(37)27-34)33-20-16-28(17-21-33)30-18-23-35-31(26-30)15-14-29-19-25-41-44(43(29)35)38-11-5-7-13-40(38)46-41;1-2-8-32(9-3-1)45(34-22-25-41-38(27-34)36-10-4-6-12-39(36)46-41)33-20-16-28(17-21-33)30-18-23-35-31(26-30)15-14-29-19-24-42-44(43(29)35)37-11-5-7-13-40(37)47-42/h3*1-27H. The molecule has 6 heterocycles. The van der Waals surface area contributed by atoms with Crippen molar-refractivity contribution >= 4 is 247 Å². The second-order valence-corrected chi connectivity index (χ2v) is 36.4. The van der Waals surface area contributed by atoms with E-state index in [1.54, 1.807) is 0 Å². The molecule has 0 N–H and O–H groups in total. The highest BCUT2D eigenvalue weighted by Gasteiger charge is 2.24. The molecule has 0 aliphatic rings. The Kier molecular flexibility index (Phi) is 18.8.